The van der Waals surface area contributed by atoms with E-state index in [4.69, 9.17) is 21.7 Å². The number of ether oxygens (including phenoxy) is 2. The second-order valence-electron chi connectivity index (χ2n) is 6.80. The number of carbonyl (C=O) groups is 2. The number of nitrogens with zero attached hydrogens (tertiary/aromatic N) is 1. The Labute approximate surface area is 168 Å². The molecule has 2 rings (SSSR count). The average molecular weight is 402 g/mol. The molecular formula is C19H22N4O4S. The second kappa shape index (κ2) is 9.14. The number of rotatable bonds is 5. The number of anilines is 2. The molecule has 0 aliphatic carbocycles. The van der Waals surface area contributed by atoms with E-state index in [1.54, 1.807) is 45.0 Å². The van der Waals surface area contributed by atoms with E-state index in [1.807, 2.05) is 13.0 Å². The Morgan fingerprint density at radius 2 is 1.86 bits per heavy atom. The van der Waals surface area contributed by atoms with Crippen molar-refractivity contribution < 1.29 is 19.1 Å². The number of thiocarbonyl (C=S) groups is 1. The highest BCUT2D eigenvalue weighted by atomic mass is 32.1. The Hall–Kier alpha value is -3.20. The lowest BCUT2D eigenvalue weighted by atomic mass is 10.2. The molecule has 28 heavy (non-hydrogen) atoms. The van der Waals surface area contributed by atoms with Gasteiger partial charge in [0.25, 0.3) is 0 Å². The number of nitrogens with one attached hydrogen (secondary N) is 3. The van der Waals surface area contributed by atoms with Gasteiger partial charge in [0.15, 0.2) is 5.11 Å². The lowest BCUT2D eigenvalue weighted by Crippen LogP contribution is -2.27. The van der Waals surface area contributed by atoms with E-state index in [1.165, 1.54) is 6.20 Å². The average Bonchev–Trinajstić information content (AvgIpc) is 2.58. The Bertz CT molecular complexity index is 863. The summed E-state index contributed by atoms with van der Waals surface area (Å²) < 4.78 is 11.0. The van der Waals surface area contributed by atoms with Crippen molar-refractivity contribution in [3.63, 3.8) is 0 Å². The van der Waals surface area contributed by atoms with Crippen LogP contribution in [0.25, 0.3) is 0 Å². The topological polar surface area (TPSA) is 102 Å². The lowest BCUT2D eigenvalue weighted by Gasteiger charge is -2.20. The van der Waals surface area contributed by atoms with Gasteiger partial charge in [-0.3, -0.25) is 10.1 Å². The van der Waals surface area contributed by atoms with Crippen molar-refractivity contribution in [1.29, 1.82) is 0 Å². The van der Waals surface area contributed by atoms with Crippen molar-refractivity contribution in [2.24, 2.45) is 0 Å². The van der Waals surface area contributed by atoms with Crippen LogP contribution in [0.1, 0.15) is 26.3 Å². The number of pyridine rings is 1. The molecule has 9 heteroatoms. The molecule has 1 aromatic heterocycles. The van der Waals surface area contributed by atoms with Crippen LogP contribution in [-0.2, 0) is 9.53 Å². The molecule has 148 valence electrons. The number of aryl methyl sites for hydroxylation is 1. The molecule has 0 fully saturated rings. The Morgan fingerprint density at radius 1 is 1.14 bits per heavy atom. The van der Waals surface area contributed by atoms with Gasteiger partial charge in [-0.15, -0.1) is 0 Å². The standard InChI is InChI=1S/C19H22N4O4S/c1-12-5-6-13(9-15(12)22-18(25)27-19(2,3)4)26-14-7-8-16(20-10-14)23-17(28)21-11-24/h5-11H,1-4H3,(H,22,25)(H2,20,21,23,24,28). The van der Waals surface area contributed by atoms with Crippen LogP contribution >= 0.6 is 12.2 Å². The van der Waals surface area contributed by atoms with E-state index in [-0.39, 0.29) is 5.11 Å². The third-order valence-electron chi connectivity index (χ3n) is 3.25. The first kappa shape index (κ1) is 21.1. The summed E-state index contributed by atoms with van der Waals surface area (Å²) in [6, 6.07) is 8.66. The third-order valence-corrected chi connectivity index (χ3v) is 3.47. The summed E-state index contributed by atoms with van der Waals surface area (Å²) in [7, 11) is 0. The molecule has 2 aromatic rings. The first-order valence-corrected chi connectivity index (χ1v) is 8.83. The minimum absolute atomic E-state index is 0.146. The van der Waals surface area contributed by atoms with Gasteiger partial charge in [-0.25, -0.2) is 9.78 Å². The molecule has 0 atom stereocenters. The predicted octanol–water partition coefficient (Wildman–Crippen LogP) is 3.97. The predicted molar refractivity (Wildman–Crippen MR) is 111 cm³/mol. The number of carbonyl (C=O) groups excluding carboxylic acids is 2. The van der Waals surface area contributed by atoms with Crippen LogP contribution in [0.3, 0.4) is 0 Å². The molecule has 1 heterocycles. The molecule has 3 N–H and O–H groups in total. The number of hydrogen-bond donors (Lipinski definition) is 3. The third kappa shape index (κ3) is 6.84. The van der Waals surface area contributed by atoms with E-state index < -0.39 is 11.7 Å². The van der Waals surface area contributed by atoms with Crippen LogP contribution in [0.2, 0.25) is 0 Å². The molecule has 0 saturated heterocycles. The number of benzene rings is 1. The lowest BCUT2D eigenvalue weighted by molar-refractivity contribution is -0.108. The van der Waals surface area contributed by atoms with Crippen LogP contribution in [0.4, 0.5) is 16.3 Å². The summed E-state index contributed by atoms with van der Waals surface area (Å²) in [4.78, 5) is 26.5. The zero-order valence-corrected chi connectivity index (χ0v) is 16.8. The molecule has 0 unspecified atom stereocenters. The van der Waals surface area contributed by atoms with Gasteiger partial charge >= 0.3 is 6.09 Å². The highest BCUT2D eigenvalue weighted by Crippen LogP contribution is 2.27. The molecule has 8 nitrogen and oxygen atoms in total. The van der Waals surface area contributed by atoms with Gasteiger partial charge in [0.1, 0.15) is 22.9 Å². The molecule has 0 bridgehead atoms. The Balaban J connectivity index is 2.05. The van der Waals surface area contributed by atoms with E-state index in [0.717, 1.165) is 5.56 Å². The van der Waals surface area contributed by atoms with Gasteiger partial charge < -0.3 is 20.1 Å². The monoisotopic (exact) mass is 402 g/mol. The normalized spacial score (nSPS) is 10.6. The van der Waals surface area contributed by atoms with Crippen molar-refractivity contribution in [3.8, 4) is 11.5 Å². The molecule has 0 spiro atoms. The van der Waals surface area contributed by atoms with E-state index in [2.05, 4.69) is 20.9 Å². The fourth-order valence-electron chi connectivity index (χ4n) is 2.07. The molecule has 0 aliphatic heterocycles. The molecule has 0 saturated carbocycles. The largest absolute Gasteiger partial charge is 0.456 e. The maximum Gasteiger partial charge on any atom is 0.412 e. The highest BCUT2D eigenvalue weighted by Gasteiger charge is 2.17. The summed E-state index contributed by atoms with van der Waals surface area (Å²) in [6.07, 6.45) is 1.45. The second-order valence-corrected chi connectivity index (χ2v) is 7.21. The fourth-order valence-corrected chi connectivity index (χ4v) is 2.22. The van der Waals surface area contributed by atoms with Crippen molar-refractivity contribution in [3.05, 3.63) is 42.1 Å². The van der Waals surface area contributed by atoms with E-state index in [0.29, 0.717) is 29.4 Å². The summed E-state index contributed by atoms with van der Waals surface area (Å²) in [5.74, 6) is 1.48. The van der Waals surface area contributed by atoms with Crippen LogP contribution in [0.5, 0.6) is 11.5 Å². The van der Waals surface area contributed by atoms with Crippen LogP contribution in [0.15, 0.2) is 36.5 Å². The molecule has 1 aromatic carbocycles. The Morgan fingerprint density at radius 3 is 2.46 bits per heavy atom. The van der Waals surface area contributed by atoms with Crippen molar-refractivity contribution in [2.45, 2.75) is 33.3 Å². The Kier molecular flexibility index (Phi) is 6.89. The van der Waals surface area contributed by atoms with Crippen molar-refractivity contribution in [1.82, 2.24) is 10.3 Å². The summed E-state index contributed by atoms with van der Waals surface area (Å²) >= 11 is 4.90. The van der Waals surface area contributed by atoms with Gasteiger partial charge in [-0.05, 0) is 63.7 Å². The van der Waals surface area contributed by atoms with Crippen LogP contribution in [0, 0.1) is 6.92 Å². The van der Waals surface area contributed by atoms with E-state index >= 15 is 0 Å². The molecular weight excluding hydrogens is 380 g/mol. The minimum Gasteiger partial charge on any atom is -0.456 e. The quantitative estimate of drug-likeness (QED) is 0.514. The van der Waals surface area contributed by atoms with Crippen molar-refractivity contribution >= 4 is 41.3 Å². The first-order valence-electron chi connectivity index (χ1n) is 8.42. The summed E-state index contributed by atoms with van der Waals surface area (Å²) in [5.41, 5.74) is 0.868. The molecule has 0 radical (unpaired) electrons. The molecule has 2 amide bonds. The van der Waals surface area contributed by atoms with Gasteiger partial charge in [0.2, 0.25) is 6.41 Å². The van der Waals surface area contributed by atoms with Gasteiger partial charge in [-0.1, -0.05) is 6.07 Å². The maximum atomic E-state index is 12.0. The molecule has 0 aliphatic rings. The first-order chi connectivity index (χ1) is 13.2. The summed E-state index contributed by atoms with van der Waals surface area (Å²) in [6.45, 7) is 7.26. The van der Waals surface area contributed by atoms with Crippen LogP contribution < -0.4 is 20.7 Å². The summed E-state index contributed by atoms with van der Waals surface area (Å²) in [5, 5.41) is 7.93. The fraction of sp³-hybridized carbons (Fsp3) is 0.263. The van der Waals surface area contributed by atoms with Gasteiger partial charge in [0, 0.05) is 6.07 Å². The van der Waals surface area contributed by atoms with E-state index in [9.17, 15) is 9.59 Å². The zero-order valence-electron chi connectivity index (χ0n) is 16.0. The smallest absolute Gasteiger partial charge is 0.412 e. The van der Waals surface area contributed by atoms with Crippen LogP contribution in [-0.4, -0.2) is 28.2 Å². The number of aromatic nitrogens is 1. The SMILES string of the molecule is Cc1ccc(Oc2ccc(NC(=S)NC=O)nc2)cc1NC(=O)OC(C)(C)C. The highest BCUT2D eigenvalue weighted by molar-refractivity contribution is 7.80. The number of hydrogen-bond acceptors (Lipinski definition) is 6. The maximum absolute atomic E-state index is 12.0. The number of amides is 2. The van der Waals surface area contributed by atoms with Gasteiger partial charge in [-0.2, -0.15) is 0 Å². The zero-order chi connectivity index (χ0) is 20.7. The van der Waals surface area contributed by atoms with Crippen molar-refractivity contribution in [2.75, 3.05) is 10.6 Å². The minimum atomic E-state index is -0.586. The van der Waals surface area contributed by atoms with Gasteiger partial charge in [0.05, 0.1) is 11.9 Å².